The minimum atomic E-state index is -5.11. The first-order valence-electron chi connectivity index (χ1n) is 7.53. The fraction of sp³-hybridized carbons (Fsp3) is 0.176. The molecule has 0 aromatic heterocycles. The Balaban J connectivity index is 1.99. The third-order valence-corrected chi connectivity index (χ3v) is 4.15. The molecule has 0 spiro atoms. The van der Waals surface area contributed by atoms with Gasteiger partial charge >= 0.3 is 12.3 Å². The summed E-state index contributed by atoms with van der Waals surface area (Å²) in [5.41, 5.74) is -3.79. The molecule has 0 saturated heterocycles. The maximum absolute atomic E-state index is 14.0. The zero-order valence-electron chi connectivity index (χ0n) is 13.4. The largest absolute Gasteiger partial charge is 0.433 e. The molecule has 10 heteroatoms. The summed E-state index contributed by atoms with van der Waals surface area (Å²) < 4.78 is 59.4. The molecule has 1 unspecified atom stereocenters. The number of fused-ring (bicyclic) bond motifs is 1. The first kappa shape index (κ1) is 19.0. The summed E-state index contributed by atoms with van der Waals surface area (Å²) >= 11 is 5.80. The van der Waals surface area contributed by atoms with Crippen LogP contribution in [0.5, 0.6) is 0 Å². The van der Waals surface area contributed by atoms with Crippen molar-refractivity contribution in [1.29, 1.82) is 0 Å². The van der Waals surface area contributed by atoms with Gasteiger partial charge in [0, 0.05) is 16.3 Å². The predicted octanol–water partition coefficient (Wildman–Crippen LogP) is 4.83. The highest BCUT2D eigenvalue weighted by atomic mass is 35.5. The van der Waals surface area contributed by atoms with Crippen LogP contribution in [0.4, 0.5) is 33.7 Å². The highest BCUT2D eigenvalue weighted by Gasteiger charge is 2.63. The molecule has 2 N–H and O–H groups in total. The monoisotopic (exact) mass is 402 g/mol. The second kappa shape index (κ2) is 6.73. The van der Waals surface area contributed by atoms with E-state index >= 15 is 0 Å². The number of benzene rings is 2. The average Bonchev–Trinajstić information content (AvgIpc) is 2.56. The first-order valence-corrected chi connectivity index (χ1v) is 7.91. The Labute approximate surface area is 155 Å². The Bertz CT molecular complexity index is 902. The summed E-state index contributed by atoms with van der Waals surface area (Å²) in [7, 11) is 0. The van der Waals surface area contributed by atoms with Crippen molar-refractivity contribution in [1.82, 2.24) is 0 Å². The summed E-state index contributed by atoms with van der Waals surface area (Å²) in [5.74, 6) is -1.66. The van der Waals surface area contributed by atoms with Gasteiger partial charge in [0.15, 0.2) is 0 Å². The van der Waals surface area contributed by atoms with Gasteiger partial charge in [0.1, 0.15) is 5.82 Å². The van der Waals surface area contributed by atoms with Crippen LogP contribution in [0.3, 0.4) is 0 Å². The van der Waals surface area contributed by atoms with Crippen LogP contribution in [0.2, 0.25) is 5.02 Å². The Hall–Kier alpha value is -2.81. The Morgan fingerprint density at radius 3 is 2.48 bits per heavy atom. The van der Waals surface area contributed by atoms with Crippen molar-refractivity contribution in [2.75, 3.05) is 10.6 Å². The van der Waals surface area contributed by atoms with E-state index in [1.165, 1.54) is 24.3 Å². The van der Waals surface area contributed by atoms with E-state index in [1.807, 2.05) is 0 Å². The molecule has 1 aliphatic heterocycles. The molecule has 27 heavy (non-hydrogen) atoms. The highest BCUT2D eigenvalue weighted by Crippen LogP contribution is 2.50. The topological polar surface area (TPSA) is 67.4 Å². The Kier molecular flexibility index (Phi) is 4.73. The van der Waals surface area contributed by atoms with Crippen LogP contribution in [0.1, 0.15) is 12.0 Å². The van der Waals surface area contributed by atoms with E-state index in [0.29, 0.717) is 0 Å². The molecule has 2 amide bonds. The lowest BCUT2D eigenvalue weighted by Gasteiger charge is -2.39. The van der Waals surface area contributed by atoms with Crippen molar-refractivity contribution in [3.8, 4) is 0 Å². The molecule has 142 valence electrons. The molecule has 0 saturated carbocycles. The maximum atomic E-state index is 14.0. The molecular formula is C17H11ClF4N2O3. The molecule has 5 nitrogen and oxygen atoms in total. The summed E-state index contributed by atoms with van der Waals surface area (Å²) in [6.07, 6.45) is -7.70. The molecule has 0 fully saturated rings. The maximum Gasteiger partial charge on any atom is 0.433 e. The number of amides is 2. The van der Waals surface area contributed by atoms with E-state index in [1.54, 1.807) is 0 Å². The molecule has 2 aromatic rings. The van der Waals surface area contributed by atoms with E-state index in [-0.39, 0.29) is 16.4 Å². The van der Waals surface area contributed by atoms with Gasteiger partial charge in [0.2, 0.25) is 11.5 Å². The summed E-state index contributed by atoms with van der Waals surface area (Å²) in [4.78, 5) is 24.0. The molecule has 1 atom stereocenters. The lowest BCUT2D eigenvalue weighted by Crippen LogP contribution is -2.52. The Morgan fingerprint density at radius 1 is 1.19 bits per heavy atom. The van der Waals surface area contributed by atoms with Crippen LogP contribution in [0.15, 0.2) is 42.5 Å². The smallest absolute Gasteiger partial charge is 0.427 e. The molecule has 1 aliphatic rings. The highest BCUT2D eigenvalue weighted by molar-refractivity contribution is 6.30. The van der Waals surface area contributed by atoms with Crippen LogP contribution < -0.4 is 10.6 Å². The molecular weight excluding hydrogens is 392 g/mol. The van der Waals surface area contributed by atoms with Crippen molar-refractivity contribution in [2.24, 2.45) is 0 Å². The van der Waals surface area contributed by atoms with E-state index in [2.05, 4.69) is 15.4 Å². The Morgan fingerprint density at radius 2 is 1.85 bits per heavy atom. The van der Waals surface area contributed by atoms with E-state index in [9.17, 15) is 27.2 Å². The molecule has 3 rings (SSSR count). The van der Waals surface area contributed by atoms with Gasteiger partial charge in [-0.1, -0.05) is 11.6 Å². The minimum Gasteiger partial charge on any atom is -0.427 e. The number of ether oxygens (including phenoxy) is 1. The fourth-order valence-corrected chi connectivity index (χ4v) is 2.89. The van der Waals surface area contributed by atoms with Gasteiger partial charge in [0.25, 0.3) is 0 Å². The minimum absolute atomic E-state index is 0.0268. The third kappa shape index (κ3) is 3.68. The zero-order valence-corrected chi connectivity index (χ0v) is 14.1. The zero-order chi connectivity index (χ0) is 19.8. The second-order valence-electron chi connectivity index (χ2n) is 5.76. The van der Waals surface area contributed by atoms with E-state index in [0.717, 1.165) is 18.2 Å². The third-order valence-electron chi connectivity index (χ3n) is 3.92. The molecule has 0 aliphatic carbocycles. The SMILES string of the molecule is O=C(CC1(C(F)(F)F)OC(=O)Nc2ccc(Cl)cc21)Nc1ccc(F)cc1. The number of carbonyl (C=O) groups excluding carboxylic acids is 2. The summed E-state index contributed by atoms with van der Waals surface area (Å²) in [6, 6.07) is 7.92. The molecule has 0 bridgehead atoms. The van der Waals surface area contributed by atoms with Gasteiger partial charge in [-0.25, -0.2) is 9.18 Å². The second-order valence-corrected chi connectivity index (χ2v) is 6.20. The van der Waals surface area contributed by atoms with Crippen molar-refractivity contribution >= 4 is 35.0 Å². The number of cyclic esters (lactones) is 1. The van der Waals surface area contributed by atoms with Crippen molar-refractivity contribution in [3.63, 3.8) is 0 Å². The van der Waals surface area contributed by atoms with Crippen molar-refractivity contribution < 1.29 is 31.9 Å². The lowest BCUT2D eigenvalue weighted by atomic mass is 9.86. The van der Waals surface area contributed by atoms with Crippen LogP contribution in [0, 0.1) is 5.82 Å². The standard InChI is InChI=1S/C17H11ClF4N2O3/c18-9-1-6-13-12(7-9)16(17(20,21)22,27-15(26)24-13)8-14(25)23-11-4-2-10(19)3-5-11/h1-7H,8H2,(H,23,25)(H,24,26). The summed E-state index contributed by atoms with van der Waals surface area (Å²) in [5, 5.41) is 4.35. The van der Waals surface area contributed by atoms with Crippen LogP contribution in [-0.2, 0) is 15.1 Å². The van der Waals surface area contributed by atoms with Gasteiger partial charge in [-0.2, -0.15) is 13.2 Å². The van der Waals surface area contributed by atoms with Crippen molar-refractivity contribution in [3.05, 3.63) is 58.9 Å². The fourth-order valence-electron chi connectivity index (χ4n) is 2.71. The van der Waals surface area contributed by atoms with Crippen LogP contribution in [-0.4, -0.2) is 18.2 Å². The number of halogens is 5. The van der Waals surface area contributed by atoms with Gasteiger partial charge in [-0.15, -0.1) is 0 Å². The van der Waals surface area contributed by atoms with Gasteiger partial charge < -0.3 is 10.1 Å². The number of carbonyl (C=O) groups is 2. The molecule has 1 heterocycles. The lowest BCUT2D eigenvalue weighted by molar-refractivity contribution is -0.265. The normalized spacial score (nSPS) is 18.9. The van der Waals surface area contributed by atoms with E-state index in [4.69, 9.17) is 11.6 Å². The quantitative estimate of drug-likeness (QED) is 0.723. The number of rotatable bonds is 3. The summed E-state index contributed by atoms with van der Waals surface area (Å²) in [6.45, 7) is 0. The number of hydrogen-bond acceptors (Lipinski definition) is 3. The average molecular weight is 403 g/mol. The van der Waals surface area contributed by atoms with Gasteiger partial charge in [-0.3, -0.25) is 10.1 Å². The van der Waals surface area contributed by atoms with Crippen LogP contribution >= 0.6 is 11.6 Å². The van der Waals surface area contributed by atoms with Crippen LogP contribution in [0.25, 0.3) is 0 Å². The number of hydrogen-bond donors (Lipinski definition) is 2. The molecule has 2 aromatic carbocycles. The van der Waals surface area contributed by atoms with Crippen molar-refractivity contribution in [2.45, 2.75) is 18.2 Å². The molecule has 0 radical (unpaired) electrons. The van der Waals surface area contributed by atoms with Gasteiger partial charge in [-0.05, 0) is 42.5 Å². The number of nitrogens with one attached hydrogen (secondary N) is 2. The van der Waals surface area contributed by atoms with E-state index < -0.39 is 41.6 Å². The predicted molar refractivity (Wildman–Crippen MR) is 88.9 cm³/mol. The number of anilines is 2. The van der Waals surface area contributed by atoms with Gasteiger partial charge in [0.05, 0.1) is 12.1 Å². The number of alkyl halides is 3. The first-order chi connectivity index (χ1) is 12.6.